The maximum atomic E-state index is 13.6. The quantitative estimate of drug-likeness (QED) is 0.601. The highest BCUT2D eigenvalue weighted by Gasteiger charge is 2.09. The molecule has 0 spiro atoms. The summed E-state index contributed by atoms with van der Waals surface area (Å²) >= 11 is 0. The summed E-state index contributed by atoms with van der Waals surface area (Å²) in [5, 5.41) is 6.61. The molecule has 0 heterocycles. The second-order valence-corrected chi connectivity index (χ2v) is 5.73. The number of hydrogen-bond donors (Lipinski definition) is 2. The average Bonchev–Trinajstić information content (AvgIpc) is 2.48. The summed E-state index contributed by atoms with van der Waals surface area (Å²) in [6.45, 7) is 10.1. The van der Waals surface area contributed by atoms with Gasteiger partial charge in [0.05, 0.1) is 13.2 Å². The summed E-state index contributed by atoms with van der Waals surface area (Å²) in [6.07, 6.45) is 0. The molecule has 0 fully saturated rings. The van der Waals surface area contributed by atoms with Gasteiger partial charge in [-0.3, -0.25) is 0 Å². The van der Waals surface area contributed by atoms with E-state index in [1.807, 2.05) is 6.92 Å². The van der Waals surface area contributed by atoms with Crippen molar-refractivity contribution in [3.05, 3.63) is 35.1 Å². The number of ether oxygens (including phenoxy) is 1. The van der Waals surface area contributed by atoms with Crippen molar-refractivity contribution in [1.29, 1.82) is 0 Å². The number of halogens is 1. The van der Waals surface area contributed by atoms with Crippen molar-refractivity contribution >= 4 is 5.96 Å². The normalized spacial score (nSPS) is 13.3. The van der Waals surface area contributed by atoms with Crippen molar-refractivity contribution in [2.24, 2.45) is 10.9 Å². The number of hydrogen-bond acceptors (Lipinski definition) is 2. The Labute approximate surface area is 133 Å². The summed E-state index contributed by atoms with van der Waals surface area (Å²) in [5.74, 6) is 1.05. The van der Waals surface area contributed by atoms with Crippen molar-refractivity contribution in [1.82, 2.24) is 10.6 Å². The summed E-state index contributed by atoms with van der Waals surface area (Å²) in [7, 11) is 1.56. The van der Waals surface area contributed by atoms with Gasteiger partial charge in [-0.1, -0.05) is 19.9 Å². The van der Waals surface area contributed by atoms with E-state index < -0.39 is 0 Å². The van der Waals surface area contributed by atoms with Crippen LogP contribution in [0.2, 0.25) is 0 Å². The highest BCUT2D eigenvalue weighted by molar-refractivity contribution is 5.80. The van der Waals surface area contributed by atoms with Gasteiger partial charge in [-0.15, -0.1) is 0 Å². The number of guanidine groups is 1. The molecule has 2 N–H and O–H groups in total. The molecule has 0 saturated heterocycles. The Morgan fingerprint density at radius 1 is 1.32 bits per heavy atom. The molecule has 1 atom stereocenters. The van der Waals surface area contributed by atoms with Crippen LogP contribution in [-0.2, 0) is 17.9 Å². The zero-order valence-electron chi connectivity index (χ0n) is 14.2. The molecule has 0 radical (unpaired) electrons. The third kappa shape index (κ3) is 6.02. The van der Waals surface area contributed by atoms with Crippen LogP contribution < -0.4 is 10.6 Å². The van der Waals surface area contributed by atoms with Gasteiger partial charge in [0.15, 0.2) is 5.96 Å². The lowest BCUT2D eigenvalue weighted by Gasteiger charge is -2.20. The third-order valence-electron chi connectivity index (χ3n) is 3.54. The Kier molecular flexibility index (Phi) is 7.88. The van der Waals surface area contributed by atoms with Crippen LogP contribution in [0.3, 0.4) is 0 Å². The van der Waals surface area contributed by atoms with Crippen molar-refractivity contribution in [2.45, 2.75) is 46.9 Å². The average molecular weight is 309 g/mol. The Morgan fingerprint density at radius 3 is 2.64 bits per heavy atom. The number of rotatable bonds is 7. The predicted molar refractivity (Wildman–Crippen MR) is 89.4 cm³/mol. The van der Waals surface area contributed by atoms with Gasteiger partial charge in [0.2, 0.25) is 0 Å². The van der Waals surface area contributed by atoms with Crippen LogP contribution in [0.25, 0.3) is 0 Å². The van der Waals surface area contributed by atoms with E-state index in [0.29, 0.717) is 24.1 Å². The van der Waals surface area contributed by atoms with Gasteiger partial charge in [-0.25, -0.2) is 9.38 Å². The maximum Gasteiger partial charge on any atom is 0.191 e. The molecular formula is C17H28FN3O. The molecule has 0 aliphatic carbocycles. The van der Waals surface area contributed by atoms with Gasteiger partial charge in [0.1, 0.15) is 5.82 Å². The monoisotopic (exact) mass is 309 g/mol. The second-order valence-electron chi connectivity index (χ2n) is 5.73. The SMILES string of the molecule is CCNC(=NCc1ccc(F)c(COC)c1)NC(C)C(C)C. The molecular weight excluding hydrogens is 281 g/mol. The molecule has 0 aliphatic heterocycles. The highest BCUT2D eigenvalue weighted by Crippen LogP contribution is 2.12. The largest absolute Gasteiger partial charge is 0.380 e. The van der Waals surface area contributed by atoms with E-state index in [1.165, 1.54) is 6.07 Å². The van der Waals surface area contributed by atoms with E-state index in [-0.39, 0.29) is 12.4 Å². The van der Waals surface area contributed by atoms with Crippen molar-refractivity contribution in [2.75, 3.05) is 13.7 Å². The first-order chi connectivity index (χ1) is 10.5. The predicted octanol–water partition coefficient (Wildman–Crippen LogP) is 3.07. The number of nitrogens with one attached hydrogen (secondary N) is 2. The summed E-state index contributed by atoms with van der Waals surface area (Å²) in [6, 6.07) is 5.36. The van der Waals surface area contributed by atoms with Crippen LogP contribution in [-0.4, -0.2) is 25.7 Å². The van der Waals surface area contributed by atoms with Crippen LogP contribution in [0.4, 0.5) is 4.39 Å². The number of methoxy groups -OCH3 is 1. The summed E-state index contributed by atoms with van der Waals surface area (Å²) in [5.41, 5.74) is 1.52. The summed E-state index contributed by atoms with van der Waals surface area (Å²) < 4.78 is 18.6. The molecule has 0 aromatic heterocycles. The fraction of sp³-hybridized carbons (Fsp3) is 0.588. The third-order valence-corrected chi connectivity index (χ3v) is 3.54. The Balaban J connectivity index is 2.79. The van der Waals surface area contributed by atoms with Crippen LogP contribution >= 0.6 is 0 Å². The standard InChI is InChI=1S/C17H28FN3O/c1-6-19-17(21-13(4)12(2)3)20-10-14-7-8-16(18)15(9-14)11-22-5/h7-9,12-13H,6,10-11H2,1-5H3,(H2,19,20,21). The van der Waals surface area contributed by atoms with Crippen molar-refractivity contribution in [3.63, 3.8) is 0 Å². The minimum Gasteiger partial charge on any atom is -0.380 e. The molecule has 1 unspecified atom stereocenters. The molecule has 1 aromatic rings. The fourth-order valence-electron chi connectivity index (χ4n) is 1.87. The molecule has 1 rings (SSSR count). The number of benzene rings is 1. The zero-order chi connectivity index (χ0) is 16.5. The second kappa shape index (κ2) is 9.41. The first-order valence-electron chi connectivity index (χ1n) is 7.79. The van der Waals surface area contributed by atoms with E-state index in [9.17, 15) is 4.39 Å². The van der Waals surface area contributed by atoms with Gasteiger partial charge < -0.3 is 15.4 Å². The Hall–Kier alpha value is -1.62. The maximum absolute atomic E-state index is 13.6. The molecule has 1 aromatic carbocycles. The van der Waals surface area contributed by atoms with Crippen LogP contribution in [0.1, 0.15) is 38.8 Å². The number of nitrogens with zero attached hydrogens (tertiary/aromatic N) is 1. The van der Waals surface area contributed by atoms with E-state index in [0.717, 1.165) is 18.1 Å². The highest BCUT2D eigenvalue weighted by atomic mass is 19.1. The van der Waals surface area contributed by atoms with Gasteiger partial charge in [-0.05, 0) is 37.5 Å². The minimum absolute atomic E-state index is 0.243. The molecule has 0 aliphatic rings. The van der Waals surface area contributed by atoms with E-state index in [4.69, 9.17) is 4.74 Å². The van der Waals surface area contributed by atoms with Gasteiger partial charge in [-0.2, -0.15) is 0 Å². The molecule has 0 amide bonds. The number of aliphatic imine (C=N–C) groups is 1. The summed E-state index contributed by atoms with van der Waals surface area (Å²) in [4.78, 5) is 4.57. The van der Waals surface area contributed by atoms with E-state index in [1.54, 1.807) is 19.2 Å². The molecule has 5 heteroatoms. The lowest BCUT2D eigenvalue weighted by atomic mass is 10.1. The van der Waals surface area contributed by atoms with Gasteiger partial charge >= 0.3 is 0 Å². The van der Waals surface area contributed by atoms with E-state index in [2.05, 4.69) is 36.4 Å². The lowest BCUT2D eigenvalue weighted by molar-refractivity contribution is 0.181. The fourth-order valence-corrected chi connectivity index (χ4v) is 1.87. The van der Waals surface area contributed by atoms with Crippen molar-refractivity contribution < 1.29 is 9.13 Å². The zero-order valence-corrected chi connectivity index (χ0v) is 14.2. The first kappa shape index (κ1) is 18.4. The van der Waals surface area contributed by atoms with Crippen LogP contribution in [0.5, 0.6) is 0 Å². The molecule has 124 valence electrons. The topological polar surface area (TPSA) is 45.7 Å². The molecule has 4 nitrogen and oxygen atoms in total. The van der Waals surface area contributed by atoms with E-state index >= 15 is 0 Å². The Bertz CT molecular complexity index is 489. The Morgan fingerprint density at radius 2 is 2.05 bits per heavy atom. The molecule has 22 heavy (non-hydrogen) atoms. The van der Waals surface area contributed by atoms with Crippen LogP contribution in [0.15, 0.2) is 23.2 Å². The lowest BCUT2D eigenvalue weighted by Crippen LogP contribution is -2.44. The van der Waals surface area contributed by atoms with Crippen LogP contribution in [0, 0.1) is 11.7 Å². The van der Waals surface area contributed by atoms with Gasteiger partial charge in [0, 0.05) is 25.3 Å². The smallest absolute Gasteiger partial charge is 0.191 e. The minimum atomic E-state index is -0.243. The van der Waals surface area contributed by atoms with Crippen molar-refractivity contribution in [3.8, 4) is 0 Å². The molecule has 0 bridgehead atoms. The first-order valence-corrected chi connectivity index (χ1v) is 7.79. The van der Waals surface area contributed by atoms with Gasteiger partial charge in [0.25, 0.3) is 0 Å². The molecule has 0 saturated carbocycles.